The molecule has 1 atom stereocenters. The van der Waals surface area contributed by atoms with Crippen LogP contribution < -0.4 is 4.90 Å². The summed E-state index contributed by atoms with van der Waals surface area (Å²) in [7, 11) is 0. The second kappa shape index (κ2) is 6.22. The summed E-state index contributed by atoms with van der Waals surface area (Å²) in [6.07, 6.45) is 5.49. The lowest BCUT2D eigenvalue weighted by atomic mass is 10.2. The van der Waals surface area contributed by atoms with E-state index in [1.165, 1.54) is 5.69 Å². The second-order valence-corrected chi connectivity index (χ2v) is 5.34. The van der Waals surface area contributed by atoms with Gasteiger partial charge in [-0.15, -0.1) is 0 Å². The molecule has 3 rings (SSSR count). The first kappa shape index (κ1) is 14.0. The SMILES string of the molecule is CCN(CC)CC1CN(c2ncccn2)Cc2ccnn21. The molecule has 0 bridgehead atoms. The Kier molecular flexibility index (Phi) is 4.15. The molecule has 0 aliphatic carbocycles. The molecule has 0 amide bonds. The van der Waals surface area contributed by atoms with Crippen molar-refractivity contribution in [2.45, 2.75) is 26.4 Å². The van der Waals surface area contributed by atoms with Crippen LogP contribution in [0.5, 0.6) is 0 Å². The summed E-state index contributed by atoms with van der Waals surface area (Å²) in [6.45, 7) is 9.25. The Morgan fingerprint density at radius 1 is 1.19 bits per heavy atom. The summed E-state index contributed by atoms with van der Waals surface area (Å²) in [5.41, 5.74) is 1.23. The van der Waals surface area contributed by atoms with Gasteiger partial charge in [-0.3, -0.25) is 4.68 Å². The Balaban J connectivity index is 1.83. The molecule has 1 unspecified atom stereocenters. The fraction of sp³-hybridized carbons (Fsp3) is 0.533. The molecule has 0 fully saturated rings. The van der Waals surface area contributed by atoms with Crippen molar-refractivity contribution in [3.05, 3.63) is 36.4 Å². The highest BCUT2D eigenvalue weighted by Gasteiger charge is 2.27. The maximum atomic E-state index is 4.51. The van der Waals surface area contributed by atoms with E-state index in [0.717, 1.165) is 38.7 Å². The maximum absolute atomic E-state index is 4.51. The van der Waals surface area contributed by atoms with Crippen LogP contribution in [0, 0.1) is 0 Å². The van der Waals surface area contributed by atoms with Crippen LogP contribution in [-0.4, -0.2) is 50.8 Å². The summed E-state index contributed by atoms with van der Waals surface area (Å²) in [5.74, 6) is 0.800. The van der Waals surface area contributed by atoms with Gasteiger partial charge in [0.15, 0.2) is 0 Å². The third kappa shape index (κ3) is 2.90. The number of anilines is 1. The molecule has 0 spiro atoms. The molecule has 2 aromatic heterocycles. The van der Waals surface area contributed by atoms with Gasteiger partial charge in [-0.2, -0.15) is 5.10 Å². The zero-order valence-electron chi connectivity index (χ0n) is 12.7. The molecule has 0 aromatic carbocycles. The van der Waals surface area contributed by atoms with E-state index in [1.807, 2.05) is 12.3 Å². The Morgan fingerprint density at radius 3 is 2.67 bits per heavy atom. The summed E-state index contributed by atoms with van der Waals surface area (Å²) in [6, 6.07) is 4.28. The molecule has 3 heterocycles. The van der Waals surface area contributed by atoms with Crippen molar-refractivity contribution >= 4 is 5.95 Å². The third-order valence-corrected chi connectivity index (χ3v) is 4.08. The number of aromatic nitrogens is 4. The van der Waals surface area contributed by atoms with Crippen molar-refractivity contribution in [1.82, 2.24) is 24.6 Å². The van der Waals surface area contributed by atoms with E-state index in [-0.39, 0.29) is 0 Å². The second-order valence-electron chi connectivity index (χ2n) is 5.34. The standard InChI is InChI=1S/C15H22N6/c1-3-19(4-2)10-14-12-20(15-16-7-5-8-17-15)11-13-6-9-18-21(13)14/h5-9,14H,3-4,10-12H2,1-2H3. The molecule has 0 saturated heterocycles. The molecule has 112 valence electrons. The Hall–Kier alpha value is -1.95. The van der Waals surface area contributed by atoms with E-state index in [4.69, 9.17) is 0 Å². The van der Waals surface area contributed by atoms with Crippen molar-refractivity contribution in [3.63, 3.8) is 0 Å². The van der Waals surface area contributed by atoms with Crippen LogP contribution in [0.25, 0.3) is 0 Å². The number of hydrogen-bond acceptors (Lipinski definition) is 5. The lowest BCUT2D eigenvalue weighted by Crippen LogP contribution is -2.43. The molecule has 0 N–H and O–H groups in total. The lowest BCUT2D eigenvalue weighted by Gasteiger charge is -2.36. The molecule has 2 aromatic rings. The van der Waals surface area contributed by atoms with E-state index in [2.05, 4.69) is 49.5 Å². The average molecular weight is 286 g/mol. The van der Waals surface area contributed by atoms with E-state index >= 15 is 0 Å². The first-order valence-corrected chi connectivity index (χ1v) is 7.58. The van der Waals surface area contributed by atoms with Crippen LogP contribution in [0.2, 0.25) is 0 Å². The van der Waals surface area contributed by atoms with Crippen molar-refractivity contribution in [3.8, 4) is 0 Å². The highest BCUT2D eigenvalue weighted by molar-refractivity contribution is 5.32. The van der Waals surface area contributed by atoms with E-state index in [9.17, 15) is 0 Å². The van der Waals surface area contributed by atoms with E-state index < -0.39 is 0 Å². The van der Waals surface area contributed by atoms with Crippen LogP contribution in [0.1, 0.15) is 25.6 Å². The Bertz CT molecular complexity index is 563. The highest BCUT2D eigenvalue weighted by atomic mass is 15.4. The molecular formula is C15H22N6. The van der Waals surface area contributed by atoms with Crippen molar-refractivity contribution in [1.29, 1.82) is 0 Å². The molecule has 1 aliphatic rings. The van der Waals surface area contributed by atoms with Crippen LogP contribution in [0.4, 0.5) is 5.95 Å². The van der Waals surface area contributed by atoms with Gasteiger partial charge in [0.05, 0.1) is 18.3 Å². The minimum absolute atomic E-state index is 0.340. The first-order chi connectivity index (χ1) is 10.3. The van der Waals surface area contributed by atoms with Gasteiger partial charge in [-0.1, -0.05) is 13.8 Å². The molecule has 6 heteroatoms. The number of rotatable bonds is 5. The van der Waals surface area contributed by atoms with Gasteiger partial charge in [-0.25, -0.2) is 9.97 Å². The Labute approximate surface area is 125 Å². The van der Waals surface area contributed by atoms with Crippen molar-refractivity contribution in [2.75, 3.05) is 31.1 Å². The van der Waals surface area contributed by atoms with Gasteiger partial charge in [0.25, 0.3) is 0 Å². The van der Waals surface area contributed by atoms with Gasteiger partial charge in [-0.05, 0) is 25.2 Å². The molecule has 6 nitrogen and oxygen atoms in total. The Morgan fingerprint density at radius 2 is 1.95 bits per heavy atom. The van der Waals surface area contributed by atoms with Gasteiger partial charge in [0.2, 0.25) is 5.95 Å². The summed E-state index contributed by atoms with van der Waals surface area (Å²) < 4.78 is 2.16. The molecule has 21 heavy (non-hydrogen) atoms. The monoisotopic (exact) mass is 286 g/mol. The zero-order valence-corrected chi connectivity index (χ0v) is 12.7. The van der Waals surface area contributed by atoms with Gasteiger partial charge < -0.3 is 9.80 Å². The smallest absolute Gasteiger partial charge is 0.225 e. The van der Waals surface area contributed by atoms with E-state index in [1.54, 1.807) is 12.4 Å². The lowest BCUT2D eigenvalue weighted by molar-refractivity contribution is 0.233. The number of likely N-dealkylation sites (N-methyl/N-ethyl adjacent to an activating group) is 1. The van der Waals surface area contributed by atoms with Crippen molar-refractivity contribution in [2.24, 2.45) is 0 Å². The third-order valence-electron chi connectivity index (χ3n) is 4.08. The quantitative estimate of drug-likeness (QED) is 0.835. The molecule has 1 aliphatic heterocycles. The van der Waals surface area contributed by atoms with Gasteiger partial charge >= 0.3 is 0 Å². The molecule has 0 saturated carbocycles. The van der Waals surface area contributed by atoms with E-state index in [0.29, 0.717) is 6.04 Å². The minimum Gasteiger partial charge on any atom is -0.333 e. The fourth-order valence-corrected chi connectivity index (χ4v) is 2.91. The van der Waals surface area contributed by atoms with Gasteiger partial charge in [0.1, 0.15) is 0 Å². The van der Waals surface area contributed by atoms with Crippen LogP contribution in [-0.2, 0) is 6.54 Å². The maximum Gasteiger partial charge on any atom is 0.225 e. The van der Waals surface area contributed by atoms with Crippen LogP contribution in [0.3, 0.4) is 0 Å². The summed E-state index contributed by atoms with van der Waals surface area (Å²) in [4.78, 5) is 13.4. The molecular weight excluding hydrogens is 264 g/mol. The normalized spacial score (nSPS) is 18.0. The van der Waals surface area contributed by atoms with Crippen LogP contribution in [0.15, 0.2) is 30.7 Å². The zero-order chi connectivity index (χ0) is 14.7. The largest absolute Gasteiger partial charge is 0.333 e. The highest BCUT2D eigenvalue weighted by Crippen LogP contribution is 2.23. The van der Waals surface area contributed by atoms with Crippen LogP contribution >= 0.6 is 0 Å². The number of fused-ring (bicyclic) bond motifs is 1. The predicted octanol–water partition coefficient (Wildman–Crippen LogP) is 1.58. The topological polar surface area (TPSA) is 50.1 Å². The first-order valence-electron chi connectivity index (χ1n) is 7.58. The van der Waals surface area contributed by atoms with Crippen molar-refractivity contribution < 1.29 is 0 Å². The number of hydrogen-bond donors (Lipinski definition) is 0. The average Bonchev–Trinajstić information content (AvgIpc) is 3.02. The minimum atomic E-state index is 0.340. The summed E-state index contributed by atoms with van der Waals surface area (Å²) in [5, 5.41) is 4.51. The predicted molar refractivity (Wildman–Crippen MR) is 82.1 cm³/mol. The fourth-order valence-electron chi connectivity index (χ4n) is 2.91. The number of nitrogens with zero attached hydrogens (tertiary/aromatic N) is 6. The summed E-state index contributed by atoms with van der Waals surface area (Å²) >= 11 is 0. The van der Waals surface area contributed by atoms with Gasteiger partial charge in [0, 0.05) is 31.7 Å². The molecule has 0 radical (unpaired) electrons.